The van der Waals surface area contributed by atoms with E-state index >= 15 is 0 Å². The molecule has 2 heteroatoms. The first-order valence-corrected chi connectivity index (χ1v) is 6.52. The van der Waals surface area contributed by atoms with Crippen LogP contribution in [0.1, 0.15) is 25.7 Å². The lowest BCUT2D eigenvalue weighted by molar-refractivity contribution is 0.582. The second-order valence-corrected chi connectivity index (χ2v) is 5.08. The summed E-state index contributed by atoms with van der Waals surface area (Å²) in [5, 5.41) is 4.72. The zero-order valence-electron chi connectivity index (χ0n) is 9.29. The summed E-state index contributed by atoms with van der Waals surface area (Å²) < 4.78 is 0. The normalized spacial score (nSPS) is 16.4. The Morgan fingerprint density at radius 1 is 1.14 bits per heavy atom. The fourth-order valence-corrected chi connectivity index (χ4v) is 2.13. The number of nitrogens with one attached hydrogen (secondary N) is 1. The minimum absolute atomic E-state index is 0.847. The minimum atomic E-state index is 0.847. The Hall–Kier alpha value is -0.603. The molecule has 0 saturated heterocycles. The molecule has 0 atom stereocenters. The van der Waals surface area contributed by atoms with Crippen molar-refractivity contribution in [2.75, 3.05) is 7.05 Å². The van der Waals surface area contributed by atoms with Crippen molar-refractivity contribution >= 4 is 15.4 Å². The van der Waals surface area contributed by atoms with Crippen molar-refractivity contribution in [1.29, 1.82) is 0 Å². The van der Waals surface area contributed by atoms with Gasteiger partial charge in [-0.05, 0) is 19.9 Å². The van der Waals surface area contributed by atoms with E-state index in [2.05, 4.69) is 36.6 Å². The first-order chi connectivity index (χ1) is 6.83. The predicted molar refractivity (Wildman–Crippen MR) is 67.3 cm³/mol. The fourth-order valence-electron chi connectivity index (χ4n) is 1.75. The Morgan fingerprint density at radius 3 is 2.00 bits per heavy atom. The minimum Gasteiger partial charge on any atom is -0.317 e. The van der Waals surface area contributed by atoms with Crippen LogP contribution in [0.15, 0.2) is 30.3 Å². The molecule has 0 heterocycles. The first-order valence-electron chi connectivity index (χ1n) is 5.52. The molecular formula is C12H21NSi. The average Bonchev–Trinajstić information content (AvgIpc) is 2.72. The average molecular weight is 207 g/mol. The summed E-state index contributed by atoms with van der Waals surface area (Å²) >= 11 is 0. The van der Waals surface area contributed by atoms with Gasteiger partial charge in [0, 0.05) is 16.3 Å². The maximum absolute atomic E-state index is 3.26. The maximum atomic E-state index is 3.26. The first kappa shape index (κ1) is 11.5. The molecule has 0 aliphatic heterocycles. The van der Waals surface area contributed by atoms with E-state index in [9.17, 15) is 0 Å². The number of hydrogen-bond acceptors (Lipinski definition) is 1. The highest BCUT2D eigenvalue weighted by molar-refractivity contribution is 6.32. The summed E-state index contributed by atoms with van der Waals surface area (Å²) in [7, 11) is 3.23. The van der Waals surface area contributed by atoms with Gasteiger partial charge < -0.3 is 5.32 Å². The van der Waals surface area contributed by atoms with E-state index in [1.54, 1.807) is 0 Å². The van der Waals surface area contributed by atoms with Crippen molar-refractivity contribution < 1.29 is 0 Å². The van der Waals surface area contributed by atoms with Gasteiger partial charge in [-0.25, -0.2) is 0 Å². The lowest BCUT2D eigenvalue weighted by Crippen LogP contribution is -2.20. The van der Waals surface area contributed by atoms with Crippen molar-refractivity contribution in [3.8, 4) is 0 Å². The summed E-state index contributed by atoms with van der Waals surface area (Å²) in [5.74, 6) is 0. The third kappa shape index (κ3) is 4.58. The topological polar surface area (TPSA) is 12.0 Å². The summed E-state index contributed by atoms with van der Waals surface area (Å²) in [5.41, 5.74) is 0. The fraction of sp³-hybridized carbons (Fsp3) is 0.500. The third-order valence-electron chi connectivity index (χ3n) is 2.70. The van der Waals surface area contributed by atoms with Gasteiger partial charge in [-0.2, -0.15) is 0 Å². The molecule has 78 valence electrons. The van der Waals surface area contributed by atoms with E-state index in [0.717, 1.165) is 6.04 Å². The Bertz CT molecular complexity index is 229. The molecule has 0 amide bonds. The van der Waals surface area contributed by atoms with Crippen molar-refractivity contribution in [2.24, 2.45) is 0 Å². The van der Waals surface area contributed by atoms with Crippen molar-refractivity contribution in [3.05, 3.63) is 30.3 Å². The van der Waals surface area contributed by atoms with Crippen LogP contribution in [-0.2, 0) is 0 Å². The van der Waals surface area contributed by atoms with Crippen LogP contribution in [0.2, 0.25) is 0 Å². The molecule has 0 bridgehead atoms. The second kappa shape index (κ2) is 6.79. The van der Waals surface area contributed by atoms with Gasteiger partial charge >= 0.3 is 0 Å². The van der Waals surface area contributed by atoms with Crippen LogP contribution in [0.4, 0.5) is 0 Å². The van der Waals surface area contributed by atoms with Gasteiger partial charge in [0.15, 0.2) is 0 Å². The van der Waals surface area contributed by atoms with Gasteiger partial charge in [0.1, 0.15) is 0 Å². The van der Waals surface area contributed by atoms with Crippen LogP contribution in [-0.4, -0.2) is 23.3 Å². The van der Waals surface area contributed by atoms with Crippen LogP contribution in [0, 0.1) is 0 Å². The van der Waals surface area contributed by atoms with Crippen LogP contribution < -0.4 is 10.5 Å². The van der Waals surface area contributed by atoms with Gasteiger partial charge in [-0.3, -0.25) is 0 Å². The Kier molecular flexibility index (Phi) is 5.57. The molecule has 0 aromatic heterocycles. The molecule has 1 aliphatic rings. The number of rotatable bonds is 1. The Labute approximate surface area is 90.3 Å². The van der Waals surface area contributed by atoms with Crippen molar-refractivity contribution in [2.45, 2.75) is 31.7 Å². The van der Waals surface area contributed by atoms with Crippen LogP contribution >= 0.6 is 0 Å². The smallest absolute Gasteiger partial charge is 0.0384 e. The van der Waals surface area contributed by atoms with Crippen molar-refractivity contribution in [1.82, 2.24) is 5.32 Å². The lowest BCUT2D eigenvalue weighted by Gasteiger charge is -2.03. The standard InChI is InChI=1S/C6H13N.C6H8Si/c1-7-6-4-2-3-5-6;7-6-4-2-1-3-5-6/h6-7H,2-5H2,1H3;1-5H,7H3. The summed E-state index contributed by atoms with van der Waals surface area (Å²) in [6.07, 6.45) is 5.67. The molecule has 1 nitrogen and oxygen atoms in total. The molecule has 1 N–H and O–H groups in total. The van der Waals surface area contributed by atoms with Crippen LogP contribution in [0.5, 0.6) is 0 Å². The van der Waals surface area contributed by atoms with E-state index in [4.69, 9.17) is 0 Å². The zero-order chi connectivity index (χ0) is 10.2. The van der Waals surface area contributed by atoms with E-state index in [0.29, 0.717) is 0 Å². The largest absolute Gasteiger partial charge is 0.317 e. The lowest BCUT2D eigenvalue weighted by atomic mass is 10.3. The van der Waals surface area contributed by atoms with E-state index in [1.807, 2.05) is 6.07 Å². The molecular weight excluding hydrogens is 186 g/mol. The molecule has 14 heavy (non-hydrogen) atoms. The monoisotopic (exact) mass is 207 g/mol. The molecule has 0 spiro atoms. The highest BCUT2D eigenvalue weighted by Crippen LogP contribution is 2.16. The summed E-state index contributed by atoms with van der Waals surface area (Å²) in [6.45, 7) is 0. The molecule has 2 rings (SSSR count). The predicted octanol–water partition coefficient (Wildman–Crippen LogP) is 0.826. The molecule has 1 aromatic rings. The molecule has 1 saturated carbocycles. The van der Waals surface area contributed by atoms with Crippen LogP contribution in [0.25, 0.3) is 0 Å². The Balaban J connectivity index is 0.000000140. The molecule has 1 fully saturated rings. The zero-order valence-corrected chi connectivity index (χ0v) is 11.3. The highest BCUT2D eigenvalue weighted by Gasteiger charge is 2.10. The number of hydrogen-bond donors (Lipinski definition) is 1. The maximum Gasteiger partial charge on any atom is 0.0384 e. The third-order valence-corrected chi connectivity index (χ3v) is 3.37. The molecule has 0 unspecified atom stereocenters. The van der Waals surface area contributed by atoms with Gasteiger partial charge in [0.05, 0.1) is 0 Å². The van der Waals surface area contributed by atoms with Gasteiger partial charge in [0.2, 0.25) is 0 Å². The molecule has 0 radical (unpaired) electrons. The molecule has 1 aromatic carbocycles. The SMILES string of the molecule is CNC1CCCC1.[SiH3]c1ccccc1. The van der Waals surface area contributed by atoms with Gasteiger partial charge in [-0.1, -0.05) is 48.4 Å². The van der Waals surface area contributed by atoms with E-state index < -0.39 is 0 Å². The van der Waals surface area contributed by atoms with E-state index in [1.165, 1.54) is 41.1 Å². The second-order valence-electron chi connectivity index (χ2n) is 3.92. The quantitative estimate of drug-likeness (QED) is 0.673. The van der Waals surface area contributed by atoms with Crippen molar-refractivity contribution in [3.63, 3.8) is 0 Å². The number of benzene rings is 1. The van der Waals surface area contributed by atoms with Gasteiger partial charge in [0.25, 0.3) is 0 Å². The summed E-state index contributed by atoms with van der Waals surface area (Å²) in [4.78, 5) is 0. The Morgan fingerprint density at radius 2 is 1.71 bits per heavy atom. The highest BCUT2D eigenvalue weighted by atomic mass is 28.1. The molecule has 1 aliphatic carbocycles. The van der Waals surface area contributed by atoms with Gasteiger partial charge in [-0.15, -0.1) is 0 Å². The van der Waals surface area contributed by atoms with Crippen LogP contribution in [0.3, 0.4) is 0 Å². The summed E-state index contributed by atoms with van der Waals surface area (Å²) in [6, 6.07) is 11.3. The van der Waals surface area contributed by atoms with E-state index in [-0.39, 0.29) is 0 Å².